The number of aromatic amines is 1. The van der Waals surface area contributed by atoms with Gasteiger partial charge in [-0.1, -0.05) is 26.0 Å². The van der Waals surface area contributed by atoms with Crippen LogP contribution >= 0.6 is 0 Å². The van der Waals surface area contributed by atoms with E-state index < -0.39 is 46.5 Å². The molecule has 2 aromatic carbocycles. The van der Waals surface area contributed by atoms with E-state index in [0.29, 0.717) is 11.8 Å². The van der Waals surface area contributed by atoms with Crippen molar-refractivity contribution in [3.8, 4) is 0 Å². The van der Waals surface area contributed by atoms with Crippen LogP contribution in [0.4, 0.5) is 23.4 Å². The molecule has 3 rings (SSSR count). The maximum atomic E-state index is 14.3. The number of nitrogens with one attached hydrogen (secondary N) is 3. The van der Waals surface area contributed by atoms with Gasteiger partial charge in [0.25, 0.3) is 0 Å². The standard InChI is InChI=1S/C23H22F4N4O2/c1-12(28-20(32)9-13-7-14(24)10-15(25)8-13)22(33)29-19-11-18(30-31-19)23(2,3)16-5-4-6-17(26)21(16)27/h4-8,10-12H,9H2,1-3H3,(H,28,32)(H2,29,30,31,33)/t12-/m0/s1. The van der Waals surface area contributed by atoms with Gasteiger partial charge in [0.05, 0.1) is 6.42 Å². The third-order valence-electron chi connectivity index (χ3n) is 5.19. The molecule has 6 nitrogen and oxygen atoms in total. The summed E-state index contributed by atoms with van der Waals surface area (Å²) in [5, 5.41) is 11.6. The molecule has 0 unspecified atom stereocenters. The maximum Gasteiger partial charge on any atom is 0.247 e. The van der Waals surface area contributed by atoms with Crippen LogP contribution in [0.2, 0.25) is 0 Å². The number of carbonyl (C=O) groups excluding carboxylic acids is 2. The predicted octanol–water partition coefficient (Wildman–Crippen LogP) is 3.98. The second-order valence-electron chi connectivity index (χ2n) is 8.13. The molecule has 0 bridgehead atoms. The molecule has 2 amide bonds. The highest BCUT2D eigenvalue weighted by molar-refractivity contribution is 5.96. The molecule has 1 heterocycles. The fraction of sp³-hybridized carbons (Fsp3) is 0.261. The maximum absolute atomic E-state index is 14.3. The minimum absolute atomic E-state index is 0.110. The van der Waals surface area contributed by atoms with Crippen LogP contribution in [0.3, 0.4) is 0 Å². The van der Waals surface area contributed by atoms with Gasteiger partial charge in [0.2, 0.25) is 11.8 Å². The van der Waals surface area contributed by atoms with Gasteiger partial charge in [0, 0.05) is 28.8 Å². The summed E-state index contributed by atoms with van der Waals surface area (Å²) in [5.74, 6) is -4.64. The Balaban J connectivity index is 1.63. The molecule has 1 atom stereocenters. The van der Waals surface area contributed by atoms with Gasteiger partial charge in [-0.05, 0) is 30.7 Å². The zero-order chi connectivity index (χ0) is 24.3. The second-order valence-corrected chi connectivity index (χ2v) is 8.13. The van der Waals surface area contributed by atoms with Crippen LogP contribution in [0.5, 0.6) is 0 Å². The van der Waals surface area contributed by atoms with E-state index in [0.717, 1.165) is 18.2 Å². The Bertz CT molecular complexity index is 1170. The highest BCUT2D eigenvalue weighted by Crippen LogP contribution is 2.33. The fourth-order valence-electron chi connectivity index (χ4n) is 3.33. The molecule has 3 aromatic rings. The zero-order valence-corrected chi connectivity index (χ0v) is 18.1. The Hall–Kier alpha value is -3.69. The minimum atomic E-state index is -0.984. The van der Waals surface area contributed by atoms with Crippen molar-refractivity contribution in [1.82, 2.24) is 15.5 Å². The summed E-state index contributed by atoms with van der Waals surface area (Å²) < 4.78 is 54.4. The molecule has 0 aliphatic heterocycles. The first kappa shape index (κ1) is 24.0. The second kappa shape index (κ2) is 9.43. The average molecular weight is 462 g/mol. The van der Waals surface area contributed by atoms with E-state index in [1.807, 2.05) is 0 Å². The lowest BCUT2D eigenvalue weighted by atomic mass is 9.81. The van der Waals surface area contributed by atoms with Crippen LogP contribution in [0.15, 0.2) is 42.5 Å². The summed E-state index contributed by atoms with van der Waals surface area (Å²) in [6.45, 7) is 4.77. The van der Waals surface area contributed by atoms with Gasteiger partial charge in [0.15, 0.2) is 17.5 Å². The van der Waals surface area contributed by atoms with Crippen molar-refractivity contribution >= 4 is 17.6 Å². The summed E-state index contributed by atoms with van der Waals surface area (Å²) in [7, 11) is 0. The van der Waals surface area contributed by atoms with Crippen molar-refractivity contribution in [2.24, 2.45) is 0 Å². The average Bonchev–Trinajstić information content (AvgIpc) is 3.18. The smallest absolute Gasteiger partial charge is 0.247 e. The fourth-order valence-corrected chi connectivity index (χ4v) is 3.33. The Kier molecular flexibility index (Phi) is 6.85. The lowest BCUT2D eigenvalue weighted by Gasteiger charge is -2.24. The first-order valence-corrected chi connectivity index (χ1v) is 10.0. The van der Waals surface area contributed by atoms with Crippen LogP contribution < -0.4 is 10.6 Å². The number of rotatable bonds is 7. The SMILES string of the molecule is C[C@H](NC(=O)Cc1cc(F)cc(F)c1)C(=O)Nc1cc(C(C)(C)c2cccc(F)c2F)[nH]n1. The summed E-state index contributed by atoms with van der Waals surface area (Å²) in [4.78, 5) is 24.6. The quantitative estimate of drug-likeness (QED) is 0.465. The van der Waals surface area contributed by atoms with Gasteiger partial charge in [-0.2, -0.15) is 5.10 Å². The molecular formula is C23H22F4N4O2. The van der Waals surface area contributed by atoms with Crippen molar-refractivity contribution in [1.29, 1.82) is 0 Å². The summed E-state index contributed by atoms with van der Waals surface area (Å²) in [6, 6.07) is 7.13. The number of anilines is 1. The van der Waals surface area contributed by atoms with E-state index in [9.17, 15) is 27.2 Å². The molecule has 0 spiro atoms. The van der Waals surface area contributed by atoms with E-state index in [1.54, 1.807) is 13.8 Å². The van der Waals surface area contributed by atoms with Crippen LogP contribution in [-0.2, 0) is 21.4 Å². The molecule has 0 saturated carbocycles. The predicted molar refractivity (Wildman–Crippen MR) is 113 cm³/mol. The molecule has 3 N–H and O–H groups in total. The molecule has 1 aromatic heterocycles. The van der Waals surface area contributed by atoms with Crippen LogP contribution in [-0.4, -0.2) is 28.1 Å². The van der Waals surface area contributed by atoms with Gasteiger partial charge in [0.1, 0.15) is 17.7 Å². The van der Waals surface area contributed by atoms with Gasteiger partial charge < -0.3 is 10.6 Å². The van der Waals surface area contributed by atoms with Crippen molar-refractivity contribution in [3.63, 3.8) is 0 Å². The molecule has 0 aliphatic carbocycles. The lowest BCUT2D eigenvalue weighted by Crippen LogP contribution is -2.42. The molecule has 0 radical (unpaired) electrons. The first-order chi connectivity index (χ1) is 15.5. The molecule has 174 valence electrons. The molecular weight excluding hydrogens is 440 g/mol. The molecule has 33 heavy (non-hydrogen) atoms. The lowest BCUT2D eigenvalue weighted by molar-refractivity contribution is -0.125. The monoisotopic (exact) mass is 462 g/mol. The Morgan fingerprint density at radius 2 is 1.73 bits per heavy atom. The molecule has 0 fully saturated rings. The number of benzene rings is 2. The Morgan fingerprint density at radius 3 is 2.39 bits per heavy atom. The molecule has 0 saturated heterocycles. The normalized spacial score (nSPS) is 12.3. The topological polar surface area (TPSA) is 86.9 Å². The van der Waals surface area contributed by atoms with Crippen LogP contribution in [0.25, 0.3) is 0 Å². The number of halogens is 4. The number of H-pyrrole nitrogens is 1. The Morgan fingerprint density at radius 1 is 1.06 bits per heavy atom. The number of hydrogen-bond acceptors (Lipinski definition) is 3. The van der Waals surface area contributed by atoms with Crippen molar-refractivity contribution in [2.45, 2.75) is 38.6 Å². The minimum Gasteiger partial charge on any atom is -0.344 e. The summed E-state index contributed by atoms with van der Waals surface area (Å²) in [6.07, 6.45) is -0.313. The molecule has 10 heteroatoms. The van der Waals surface area contributed by atoms with Crippen LogP contribution in [0.1, 0.15) is 37.6 Å². The van der Waals surface area contributed by atoms with Crippen molar-refractivity contribution < 1.29 is 27.2 Å². The van der Waals surface area contributed by atoms with Gasteiger partial charge in [-0.3, -0.25) is 14.7 Å². The molecule has 0 aliphatic rings. The number of hydrogen-bond donors (Lipinski definition) is 3. The summed E-state index contributed by atoms with van der Waals surface area (Å²) in [5.41, 5.74) is -0.325. The zero-order valence-electron chi connectivity index (χ0n) is 18.1. The third kappa shape index (κ3) is 5.57. The van der Waals surface area contributed by atoms with Crippen LogP contribution in [0, 0.1) is 23.3 Å². The summed E-state index contributed by atoms with van der Waals surface area (Å²) >= 11 is 0. The first-order valence-electron chi connectivity index (χ1n) is 10.0. The highest BCUT2D eigenvalue weighted by atomic mass is 19.2. The number of aromatic nitrogens is 2. The van der Waals surface area contributed by atoms with Gasteiger partial charge >= 0.3 is 0 Å². The van der Waals surface area contributed by atoms with E-state index in [4.69, 9.17) is 0 Å². The highest BCUT2D eigenvalue weighted by Gasteiger charge is 2.30. The van der Waals surface area contributed by atoms with E-state index in [1.165, 1.54) is 25.1 Å². The van der Waals surface area contributed by atoms with Gasteiger partial charge in [-0.15, -0.1) is 0 Å². The largest absolute Gasteiger partial charge is 0.344 e. The van der Waals surface area contributed by atoms with E-state index in [2.05, 4.69) is 20.8 Å². The van der Waals surface area contributed by atoms with E-state index in [-0.39, 0.29) is 23.4 Å². The number of carbonyl (C=O) groups is 2. The van der Waals surface area contributed by atoms with Gasteiger partial charge in [-0.25, -0.2) is 17.6 Å². The number of amides is 2. The number of nitrogens with zero attached hydrogens (tertiary/aromatic N) is 1. The third-order valence-corrected chi connectivity index (χ3v) is 5.19. The Labute approximate surface area is 187 Å². The van der Waals surface area contributed by atoms with Crippen molar-refractivity contribution in [2.75, 3.05) is 5.32 Å². The van der Waals surface area contributed by atoms with Crippen molar-refractivity contribution in [3.05, 3.63) is 82.6 Å². The van der Waals surface area contributed by atoms with E-state index >= 15 is 0 Å².